The van der Waals surface area contributed by atoms with Gasteiger partial charge in [0.15, 0.2) is 11.6 Å². The highest BCUT2D eigenvalue weighted by Crippen LogP contribution is 2.33. The SMILES string of the molecule is O=[N+]([O-])c1ccc(Sc2ccccc2CNc2ccc(F)c(F)c2O)cc1. The van der Waals surface area contributed by atoms with Crippen molar-refractivity contribution in [1.29, 1.82) is 0 Å². The number of phenols is 1. The predicted octanol–water partition coefficient (Wildman–Crippen LogP) is 5.34. The number of benzene rings is 3. The van der Waals surface area contributed by atoms with Crippen molar-refractivity contribution in [3.8, 4) is 5.75 Å². The van der Waals surface area contributed by atoms with Gasteiger partial charge in [0, 0.05) is 28.5 Å². The zero-order chi connectivity index (χ0) is 19.4. The summed E-state index contributed by atoms with van der Waals surface area (Å²) >= 11 is 1.42. The van der Waals surface area contributed by atoms with E-state index in [1.165, 1.54) is 30.0 Å². The van der Waals surface area contributed by atoms with E-state index in [1.807, 2.05) is 24.3 Å². The van der Waals surface area contributed by atoms with Crippen LogP contribution in [0.4, 0.5) is 20.2 Å². The third-order valence-corrected chi connectivity index (χ3v) is 4.91. The molecule has 27 heavy (non-hydrogen) atoms. The number of halogens is 2. The lowest BCUT2D eigenvalue weighted by molar-refractivity contribution is -0.384. The van der Waals surface area contributed by atoms with Crippen LogP contribution in [0.3, 0.4) is 0 Å². The summed E-state index contributed by atoms with van der Waals surface area (Å²) in [5.74, 6) is -3.18. The molecule has 0 radical (unpaired) electrons. The number of hydrogen-bond acceptors (Lipinski definition) is 5. The Labute approximate surface area is 157 Å². The molecule has 0 atom stereocenters. The van der Waals surface area contributed by atoms with Crippen molar-refractivity contribution in [2.75, 3.05) is 5.32 Å². The summed E-state index contributed by atoms with van der Waals surface area (Å²) in [5, 5.41) is 23.3. The number of hydrogen-bond donors (Lipinski definition) is 2. The van der Waals surface area contributed by atoms with Gasteiger partial charge < -0.3 is 10.4 Å². The van der Waals surface area contributed by atoms with Gasteiger partial charge in [0.1, 0.15) is 0 Å². The topological polar surface area (TPSA) is 75.4 Å². The van der Waals surface area contributed by atoms with Crippen LogP contribution in [0.1, 0.15) is 5.56 Å². The molecular weight excluding hydrogens is 374 g/mol. The number of nitrogens with one attached hydrogen (secondary N) is 1. The molecule has 0 saturated heterocycles. The first-order chi connectivity index (χ1) is 13.0. The molecule has 0 aromatic heterocycles. The van der Waals surface area contributed by atoms with E-state index in [0.717, 1.165) is 21.4 Å². The van der Waals surface area contributed by atoms with Crippen LogP contribution in [0, 0.1) is 21.7 Å². The van der Waals surface area contributed by atoms with Gasteiger partial charge in [0.05, 0.1) is 10.6 Å². The molecule has 3 aromatic carbocycles. The lowest BCUT2D eigenvalue weighted by Gasteiger charge is -2.12. The highest BCUT2D eigenvalue weighted by atomic mass is 32.2. The average molecular weight is 388 g/mol. The van der Waals surface area contributed by atoms with E-state index in [1.54, 1.807) is 12.1 Å². The molecule has 0 aliphatic heterocycles. The molecule has 2 N–H and O–H groups in total. The average Bonchev–Trinajstić information content (AvgIpc) is 2.67. The van der Waals surface area contributed by atoms with Crippen molar-refractivity contribution in [3.05, 3.63) is 88.0 Å². The monoisotopic (exact) mass is 388 g/mol. The summed E-state index contributed by atoms with van der Waals surface area (Å²) in [5.41, 5.74) is 0.970. The van der Waals surface area contributed by atoms with Gasteiger partial charge in [-0.25, -0.2) is 4.39 Å². The number of phenolic OH excluding ortho intramolecular Hbond substituents is 1. The first-order valence-electron chi connectivity index (χ1n) is 7.87. The Bertz CT molecular complexity index is 981. The number of nitrogens with zero attached hydrogens (tertiary/aromatic N) is 1. The highest BCUT2D eigenvalue weighted by molar-refractivity contribution is 7.99. The fourth-order valence-corrected chi connectivity index (χ4v) is 3.33. The zero-order valence-electron chi connectivity index (χ0n) is 13.9. The predicted molar refractivity (Wildman–Crippen MR) is 99.0 cm³/mol. The van der Waals surface area contributed by atoms with Crippen molar-refractivity contribution in [1.82, 2.24) is 0 Å². The summed E-state index contributed by atoms with van der Waals surface area (Å²) < 4.78 is 26.6. The Kier molecular flexibility index (Phi) is 5.56. The van der Waals surface area contributed by atoms with Crippen LogP contribution in [0.2, 0.25) is 0 Å². The molecule has 0 saturated carbocycles. The van der Waals surface area contributed by atoms with Crippen LogP contribution >= 0.6 is 11.8 Å². The van der Waals surface area contributed by atoms with Crippen molar-refractivity contribution in [3.63, 3.8) is 0 Å². The number of aromatic hydroxyl groups is 1. The Morgan fingerprint density at radius 2 is 1.74 bits per heavy atom. The standard InChI is InChI=1S/C19H14F2N2O3S/c20-15-9-10-16(19(24)18(15)21)22-11-12-3-1-2-4-17(12)27-14-7-5-13(6-8-14)23(25)26/h1-10,22,24H,11H2. The van der Waals surface area contributed by atoms with Gasteiger partial charge in [-0.2, -0.15) is 4.39 Å². The Morgan fingerprint density at radius 1 is 1.04 bits per heavy atom. The Morgan fingerprint density at radius 3 is 2.44 bits per heavy atom. The van der Waals surface area contributed by atoms with Crippen molar-refractivity contribution in [2.45, 2.75) is 16.3 Å². The molecule has 0 unspecified atom stereocenters. The molecule has 0 bridgehead atoms. The van der Waals surface area contributed by atoms with Gasteiger partial charge >= 0.3 is 0 Å². The number of non-ortho nitro benzene ring substituents is 1. The van der Waals surface area contributed by atoms with Crippen LogP contribution in [-0.4, -0.2) is 10.0 Å². The van der Waals surface area contributed by atoms with Crippen LogP contribution in [0.25, 0.3) is 0 Å². The number of rotatable bonds is 6. The van der Waals surface area contributed by atoms with E-state index in [9.17, 15) is 24.0 Å². The van der Waals surface area contributed by atoms with E-state index in [2.05, 4.69) is 5.32 Å². The Hall–Kier alpha value is -3.13. The maximum atomic E-state index is 13.5. The van der Waals surface area contributed by atoms with Gasteiger partial charge in [-0.05, 0) is 35.9 Å². The maximum Gasteiger partial charge on any atom is 0.269 e. The molecule has 0 fully saturated rings. The first kappa shape index (κ1) is 18.7. The first-order valence-corrected chi connectivity index (χ1v) is 8.68. The smallest absolute Gasteiger partial charge is 0.269 e. The van der Waals surface area contributed by atoms with Crippen LogP contribution in [-0.2, 0) is 6.54 Å². The molecular formula is C19H14F2N2O3S. The highest BCUT2D eigenvalue weighted by Gasteiger charge is 2.13. The van der Waals surface area contributed by atoms with Crippen molar-refractivity contribution in [2.24, 2.45) is 0 Å². The van der Waals surface area contributed by atoms with Crippen LogP contribution < -0.4 is 5.32 Å². The quantitative estimate of drug-likeness (QED) is 0.339. The minimum Gasteiger partial charge on any atom is -0.503 e. The molecule has 3 rings (SSSR count). The molecule has 0 spiro atoms. The second-order valence-electron chi connectivity index (χ2n) is 5.57. The molecule has 0 heterocycles. The molecule has 3 aromatic rings. The lowest BCUT2D eigenvalue weighted by atomic mass is 10.2. The van der Waals surface area contributed by atoms with E-state index >= 15 is 0 Å². The normalized spacial score (nSPS) is 10.6. The fourth-order valence-electron chi connectivity index (χ4n) is 2.39. The molecule has 0 amide bonds. The summed E-state index contributed by atoms with van der Waals surface area (Å²) in [7, 11) is 0. The molecule has 5 nitrogen and oxygen atoms in total. The fraction of sp³-hybridized carbons (Fsp3) is 0.0526. The van der Waals surface area contributed by atoms with Crippen LogP contribution in [0.15, 0.2) is 70.5 Å². The number of anilines is 1. The van der Waals surface area contributed by atoms with Gasteiger partial charge in [-0.3, -0.25) is 10.1 Å². The van der Waals surface area contributed by atoms with Crippen molar-refractivity contribution >= 4 is 23.1 Å². The van der Waals surface area contributed by atoms with Gasteiger partial charge in [0.25, 0.3) is 5.69 Å². The van der Waals surface area contributed by atoms with E-state index in [-0.39, 0.29) is 17.9 Å². The van der Waals surface area contributed by atoms with Gasteiger partial charge in [0.2, 0.25) is 5.82 Å². The number of nitro benzene ring substituents is 1. The number of nitro groups is 1. The minimum absolute atomic E-state index is 0.0168. The summed E-state index contributed by atoms with van der Waals surface area (Å²) in [6, 6.07) is 15.8. The molecule has 0 aliphatic rings. The summed E-state index contributed by atoms with van der Waals surface area (Å²) in [4.78, 5) is 12.0. The second kappa shape index (κ2) is 8.05. The minimum atomic E-state index is -1.30. The largest absolute Gasteiger partial charge is 0.503 e. The summed E-state index contributed by atoms with van der Waals surface area (Å²) in [6.45, 7) is 0.273. The van der Waals surface area contributed by atoms with E-state index < -0.39 is 22.3 Å². The van der Waals surface area contributed by atoms with Crippen molar-refractivity contribution < 1.29 is 18.8 Å². The molecule has 8 heteroatoms. The van der Waals surface area contributed by atoms with Gasteiger partial charge in [-0.1, -0.05) is 30.0 Å². The molecule has 138 valence electrons. The Balaban J connectivity index is 1.76. The third-order valence-electron chi connectivity index (χ3n) is 3.79. The second-order valence-corrected chi connectivity index (χ2v) is 6.69. The van der Waals surface area contributed by atoms with Gasteiger partial charge in [-0.15, -0.1) is 0 Å². The summed E-state index contributed by atoms with van der Waals surface area (Å²) in [6.07, 6.45) is 0. The van der Waals surface area contributed by atoms with E-state index in [0.29, 0.717) is 0 Å². The van der Waals surface area contributed by atoms with Crippen LogP contribution in [0.5, 0.6) is 5.75 Å². The lowest BCUT2D eigenvalue weighted by Crippen LogP contribution is -2.02. The molecule has 0 aliphatic carbocycles. The maximum absolute atomic E-state index is 13.5. The third kappa shape index (κ3) is 4.35. The van der Waals surface area contributed by atoms with E-state index in [4.69, 9.17) is 0 Å². The zero-order valence-corrected chi connectivity index (χ0v) is 14.7.